The summed E-state index contributed by atoms with van der Waals surface area (Å²) < 4.78 is 7.97. The van der Waals surface area contributed by atoms with E-state index in [1.54, 1.807) is 6.20 Å². The summed E-state index contributed by atoms with van der Waals surface area (Å²) in [6, 6.07) is 5.87. The Bertz CT molecular complexity index is 1010. The van der Waals surface area contributed by atoms with Crippen LogP contribution in [0.3, 0.4) is 0 Å². The van der Waals surface area contributed by atoms with E-state index < -0.39 is 0 Å². The molecule has 1 amide bonds. The number of amides is 1. The van der Waals surface area contributed by atoms with E-state index in [1.807, 2.05) is 40.2 Å². The highest BCUT2D eigenvalue weighted by Crippen LogP contribution is 2.25. The zero-order valence-corrected chi connectivity index (χ0v) is 17.0. The number of aromatic amines is 1. The molecule has 3 aromatic rings. The molecule has 0 bridgehead atoms. The Kier molecular flexibility index (Phi) is 5.31. The number of carbonyl (C=O) groups is 1. The van der Waals surface area contributed by atoms with Crippen molar-refractivity contribution in [3.8, 4) is 11.3 Å². The van der Waals surface area contributed by atoms with Crippen molar-refractivity contribution >= 4 is 5.91 Å². The molecule has 30 heavy (non-hydrogen) atoms. The van der Waals surface area contributed by atoms with Crippen LogP contribution in [0.1, 0.15) is 42.3 Å². The fraction of sp³-hybridized carbons (Fsp3) is 0.455. The van der Waals surface area contributed by atoms with E-state index in [2.05, 4.69) is 15.3 Å². The van der Waals surface area contributed by atoms with Crippen LogP contribution in [-0.4, -0.2) is 55.5 Å². The van der Waals surface area contributed by atoms with Gasteiger partial charge in [0.05, 0.1) is 36.9 Å². The van der Waals surface area contributed by atoms with E-state index in [9.17, 15) is 4.79 Å². The van der Waals surface area contributed by atoms with Crippen molar-refractivity contribution in [3.05, 3.63) is 53.7 Å². The fourth-order valence-electron chi connectivity index (χ4n) is 4.35. The second-order valence-electron chi connectivity index (χ2n) is 7.93. The lowest BCUT2D eigenvalue weighted by Gasteiger charge is -2.33. The van der Waals surface area contributed by atoms with E-state index >= 15 is 0 Å². The van der Waals surface area contributed by atoms with E-state index in [0.29, 0.717) is 32.7 Å². The van der Waals surface area contributed by atoms with Gasteiger partial charge in [-0.25, -0.2) is 4.98 Å². The number of aryl methyl sites for hydroxylation is 2. The number of nitrogens with zero attached hydrogens (tertiary/aromatic N) is 5. The maximum atomic E-state index is 12.9. The van der Waals surface area contributed by atoms with Gasteiger partial charge in [0.1, 0.15) is 6.10 Å². The number of hydrogen-bond acceptors (Lipinski definition) is 5. The molecule has 3 aromatic heterocycles. The average molecular weight is 406 g/mol. The van der Waals surface area contributed by atoms with Crippen LogP contribution in [0.25, 0.3) is 11.3 Å². The number of nitrogens with one attached hydrogen (secondary N) is 1. The first-order valence-electron chi connectivity index (χ1n) is 10.7. The van der Waals surface area contributed by atoms with Gasteiger partial charge in [-0.3, -0.25) is 14.6 Å². The quantitative estimate of drug-likeness (QED) is 0.703. The third kappa shape index (κ3) is 3.87. The summed E-state index contributed by atoms with van der Waals surface area (Å²) in [5.41, 5.74) is 5.28. The van der Waals surface area contributed by atoms with Crippen molar-refractivity contribution in [1.29, 1.82) is 0 Å². The highest BCUT2D eigenvalue weighted by molar-refractivity contribution is 5.76. The number of morpholine rings is 1. The highest BCUT2D eigenvalue weighted by atomic mass is 16.5. The van der Waals surface area contributed by atoms with Crippen molar-refractivity contribution in [1.82, 2.24) is 29.9 Å². The van der Waals surface area contributed by atoms with Gasteiger partial charge >= 0.3 is 0 Å². The predicted octanol–water partition coefficient (Wildman–Crippen LogP) is 2.54. The van der Waals surface area contributed by atoms with Crippen molar-refractivity contribution < 1.29 is 9.53 Å². The van der Waals surface area contributed by atoms with Crippen LogP contribution in [0, 0.1) is 0 Å². The maximum absolute atomic E-state index is 12.9. The molecule has 8 heteroatoms. The lowest BCUT2D eigenvalue weighted by molar-refractivity contribution is -0.139. The minimum absolute atomic E-state index is 0.148. The molecule has 4 heterocycles. The number of hydrogen-bond donors (Lipinski definition) is 1. The Morgan fingerprint density at radius 1 is 1.23 bits per heavy atom. The second-order valence-corrected chi connectivity index (χ2v) is 7.93. The number of fused-ring (bicyclic) bond motifs is 1. The van der Waals surface area contributed by atoms with Gasteiger partial charge in [-0.15, -0.1) is 0 Å². The van der Waals surface area contributed by atoms with Crippen molar-refractivity contribution in [3.63, 3.8) is 0 Å². The molecule has 0 spiro atoms. The van der Waals surface area contributed by atoms with E-state index in [1.165, 1.54) is 24.1 Å². The molecule has 5 rings (SSSR count). The summed E-state index contributed by atoms with van der Waals surface area (Å²) in [7, 11) is 0. The molecular weight excluding hydrogens is 380 g/mol. The van der Waals surface area contributed by atoms with Crippen LogP contribution in [-0.2, 0) is 28.9 Å². The van der Waals surface area contributed by atoms with Crippen LogP contribution in [0.15, 0.2) is 36.8 Å². The predicted molar refractivity (Wildman–Crippen MR) is 111 cm³/mol. The van der Waals surface area contributed by atoms with Crippen molar-refractivity contribution in [2.75, 3.05) is 19.7 Å². The largest absolute Gasteiger partial charge is 0.368 e. The molecule has 0 radical (unpaired) electrons. The first-order chi connectivity index (χ1) is 14.8. The molecule has 8 nitrogen and oxygen atoms in total. The van der Waals surface area contributed by atoms with E-state index in [-0.39, 0.29) is 12.0 Å². The number of ether oxygens (including phenoxy) is 1. The Morgan fingerprint density at radius 3 is 3.07 bits per heavy atom. The molecule has 1 aliphatic carbocycles. The SMILES string of the molecule is O=C(CCn1ncc2c1CCCC2)N1CCOC(c2cccc(-c3cn[nH]c3)n2)C1. The van der Waals surface area contributed by atoms with Crippen molar-refractivity contribution in [2.24, 2.45) is 0 Å². The molecule has 1 fully saturated rings. The number of aromatic nitrogens is 5. The molecule has 156 valence electrons. The third-order valence-corrected chi connectivity index (χ3v) is 6.00. The Morgan fingerprint density at radius 2 is 2.17 bits per heavy atom. The van der Waals surface area contributed by atoms with E-state index in [0.717, 1.165) is 29.8 Å². The van der Waals surface area contributed by atoms with Gasteiger partial charge in [0.2, 0.25) is 5.91 Å². The standard InChI is InChI=1S/C22H26N6O2/c29-22(8-9-28-20-7-2-1-4-16(20)14-25-28)27-10-11-30-21(15-27)19-6-3-5-18(26-19)17-12-23-24-13-17/h3,5-6,12-14,21H,1-2,4,7-11,15H2,(H,23,24). The Labute approximate surface area is 175 Å². The zero-order valence-electron chi connectivity index (χ0n) is 17.0. The first-order valence-corrected chi connectivity index (χ1v) is 10.7. The summed E-state index contributed by atoms with van der Waals surface area (Å²) in [4.78, 5) is 19.5. The van der Waals surface area contributed by atoms with Crippen LogP contribution >= 0.6 is 0 Å². The minimum atomic E-state index is -0.216. The molecular formula is C22H26N6O2. The van der Waals surface area contributed by atoms with Gasteiger partial charge < -0.3 is 9.64 Å². The number of H-pyrrole nitrogens is 1. The molecule has 0 saturated carbocycles. The molecule has 2 aliphatic rings. The molecule has 1 atom stereocenters. The lowest BCUT2D eigenvalue weighted by Crippen LogP contribution is -2.42. The van der Waals surface area contributed by atoms with Gasteiger partial charge in [-0.05, 0) is 43.4 Å². The van der Waals surface area contributed by atoms with Gasteiger partial charge in [0.15, 0.2) is 0 Å². The second kappa shape index (κ2) is 8.39. The Balaban J connectivity index is 1.23. The molecule has 1 N–H and O–H groups in total. The molecule has 1 saturated heterocycles. The lowest BCUT2D eigenvalue weighted by atomic mass is 9.98. The maximum Gasteiger partial charge on any atom is 0.224 e. The third-order valence-electron chi connectivity index (χ3n) is 6.00. The number of pyridine rings is 1. The van der Waals surface area contributed by atoms with Gasteiger partial charge in [-0.1, -0.05) is 6.07 Å². The normalized spacial score (nSPS) is 18.9. The average Bonchev–Trinajstić information content (AvgIpc) is 3.48. The van der Waals surface area contributed by atoms with Crippen LogP contribution in [0.2, 0.25) is 0 Å². The van der Waals surface area contributed by atoms with Crippen LogP contribution in [0.5, 0.6) is 0 Å². The van der Waals surface area contributed by atoms with Crippen molar-refractivity contribution in [2.45, 2.75) is 44.8 Å². The summed E-state index contributed by atoms with van der Waals surface area (Å²) in [6.07, 6.45) is 10.4. The highest BCUT2D eigenvalue weighted by Gasteiger charge is 2.27. The van der Waals surface area contributed by atoms with E-state index in [4.69, 9.17) is 9.72 Å². The molecule has 1 aliphatic heterocycles. The topological polar surface area (TPSA) is 88.9 Å². The van der Waals surface area contributed by atoms with Crippen LogP contribution in [0.4, 0.5) is 0 Å². The minimum Gasteiger partial charge on any atom is -0.368 e. The summed E-state index contributed by atoms with van der Waals surface area (Å²) >= 11 is 0. The molecule has 1 unspecified atom stereocenters. The Hall–Kier alpha value is -3.00. The van der Waals surface area contributed by atoms with Gasteiger partial charge in [0, 0.05) is 37.0 Å². The first kappa shape index (κ1) is 19.0. The van der Waals surface area contributed by atoms with Gasteiger partial charge in [0.25, 0.3) is 0 Å². The van der Waals surface area contributed by atoms with Crippen LogP contribution < -0.4 is 0 Å². The monoisotopic (exact) mass is 406 g/mol. The summed E-state index contributed by atoms with van der Waals surface area (Å²) in [5, 5.41) is 11.3. The summed E-state index contributed by atoms with van der Waals surface area (Å²) in [5.74, 6) is 0.148. The smallest absolute Gasteiger partial charge is 0.224 e. The number of rotatable bonds is 5. The summed E-state index contributed by atoms with van der Waals surface area (Å²) in [6.45, 7) is 2.31. The van der Waals surface area contributed by atoms with Gasteiger partial charge in [-0.2, -0.15) is 10.2 Å². The molecule has 0 aromatic carbocycles. The fourth-order valence-corrected chi connectivity index (χ4v) is 4.35. The number of carbonyl (C=O) groups excluding carboxylic acids is 1. The zero-order chi connectivity index (χ0) is 20.3.